The van der Waals surface area contributed by atoms with E-state index in [0.717, 1.165) is 31.5 Å². The molecule has 32 heavy (non-hydrogen) atoms. The molecule has 4 rings (SSSR count). The van der Waals surface area contributed by atoms with Gasteiger partial charge in [0.1, 0.15) is 0 Å². The summed E-state index contributed by atoms with van der Waals surface area (Å²) in [6.07, 6.45) is 2.20. The van der Waals surface area contributed by atoms with Crippen LogP contribution in [-0.2, 0) is 9.53 Å². The Morgan fingerprint density at radius 2 is 1.66 bits per heavy atom. The third kappa shape index (κ3) is 5.70. The second-order valence-corrected chi connectivity index (χ2v) is 11.1. The molecule has 6 heteroatoms. The summed E-state index contributed by atoms with van der Waals surface area (Å²) >= 11 is 3.96. The van der Waals surface area contributed by atoms with Gasteiger partial charge in [-0.3, -0.25) is 9.59 Å². The van der Waals surface area contributed by atoms with Crippen molar-refractivity contribution in [3.05, 3.63) is 71.3 Å². The maximum Gasteiger partial charge on any atom is 0.306 e. The molecule has 0 saturated carbocycles. The molecule has 2 fully saturated rings. The molecule has 0 spiro atoms. The molecular weight excluding hydrogens is 438 g/mol. The van der Waals surface area contributed by atoms with E-state index in [2.05, 4.69) is 24.3 Å². The van der Waals surface area contributed by atoms with Crippen molar-refractivity contribution < 1.29 is 14.3 Å². The third-order valence-electron chi connectivity index (χ3n) is 6.37. The van der Waals surface area contributed by atoms with E-state index in [9.17, 15) is 9.59 Å². The molecule has 2 aliphatic rings. The van der Waals surface area contributed by atoms with Gasteiger partial charge < -0.3 is 9.64 Å². The third-order valence-corrected chi connectivity index (χ3v) is 9.47. The van der Waals surface area contributed by atoms with Gasteiger partial charge in [-0.15, -0.1) is 23.5 Å². The summed E-state index contributed by atoms with van der Waals surface area (Å²) in [7, 11) is 0. The lowest BCUT2D eigenvalue weighted by atomic mass is 9.78. The van der Waals surface area contributed by atoms with Gasteiger partial charge in [0, 0.05) is 30.2 Å². The lowest BCUT2D eigenvalue weighted by Crippen LogP contribution is -2.40. The molecule has 0 N–H and O–H groups in total. The van der Waals surface area contributed by atoms with Crippen molar-refractivity contribution in [1.29, 1.82) is 0 Å². The van der Waals surface area contributed by atoms with Crippen molar-refractivity contribution in [3.8, 4) is 0 Å². The van der Waals surface area contributed by atoms with Gasteiger partial charge in [-0.2, -0.15) is 0 Å². The first-order valence-electron chi connectivity index (χ1n) is 11.5. The maximum absolute atomic E-state index is 13.1. The molecular formula is C26H31NO3S2. The van der Waals surface area contributed by atoms with Crippen molar-refractivity contribution in [1.82, 2.24) is 4.90 Å². The zero-order chi connectivity index (χ0) is 22.3. The van der Waals surface area contributed by atoms with Crippen LogP contribution in [-0.4, -0.2) is 48.0 Å². The van der Waals surface area contributed by atoms with Crippen molar-refractivity contribution in [3.63, 3.8) is 0 Å². The average Bonchev–Trinajstić information content (AvgIpc) is 3.38. The average molecular weight is 470 g/mol. The Morgan fingerprint density at radius 3 is 2.28 bits per heavy atom. The normalized spacial score (nSPS) is 18.5. The fourth-order valence-corrected chi connectivity index (χ4v) is 7.54. The molecule has 0 unspecified atom stereocenters. The number of amides is 1. The lowest BCUT2D eigenvalue weighted by Gasteiger charge is -2.36. The molecule has 2 saturated heterocycles. The molecule has 1 atom stereocenters. The van der Waals surface area contributed by atoms with E-state index in [1.54, 1.807) is 0 Å². The number of esters is 1. The highest BCUT2D eigenvalue weighted by molar-refractivity contribution is 8.19. The van der Waals surface area contributed by atoms with Crippen LogP contribution in [0.5, 0.6) is 0 Å². The summed E-state index contributed by atoms with van der Waals surface area (Å²) in [6.45, 7) is 3.71. The quantitative estimate of drug-likeness (QED) is 0.483. The number of nitrogens with zero attached hydrogens (tertiary/aromatic N) is 1. The summed E-state index contributed by atoms with van der Waals surface area (Å²) in [4.78, 5) is 27.3. The molecule has 1 amide bonds. The number of rotatable bonds is 7. The van der Waals surface area contributed by atoms with Crippen molar-refractivity contribution >= 4 is 35.4 Å². The summed E-state index contributed by atoms with van der Waals surface area (Å²) in [6, 6.07) is 18.4. The Labute approximate surface area is 199 Å². The number of carbonyl (C=O) groups excluding carboxylic acids is 2. The standard InChI is InChI=1S/C26H31NO3S2/c1-2-30-24(28)18-23(19-6-4-3-5-7-19)20-12-14-27(15-13-20)25(29)21-8-10-22(11-9-21)26-31-16-17-32-26/h3-11,20,23,26H,2,12-18H2,1H3/t23-/m0/s1. The van der Waals surface area contributed by atoms with Crippen LogP contribution >= 0.6 is 23.5 Å². The molecule has 2 aliphatic heterocycles. The van der Waals surface area contributed by atoms with Crippen molar-refractivity contribution in [2.24, 2.45) is 5.92 Å². The van der Waals surface area contributed by atoms with Crippen LogP contribution in [0.2, 0.25) is 0 Å². The topological polar surface area (TPSA) is 46.6 Å². The second-order valence-electron chi connectivity index (χ2n) is 8.35. The predicted molar refractivity (Wildman–Crippen MR) is 133 cm³/mol. The van der Waals surface area contributed by atoms with Crippen LogP contribution in [0.15, 0.2) is 54.6 Å². The highest BCUT2D eigenvalue weighted by atomic mass is 32.2. The minimum Gasteiger partial charge on any atom is -0.466 e. The molecule has 0 aromatic heterocycles. The largest absolute Gasteiger partial charge is 0.466 e. The number of ether oxygens (including phenoxy) is 1. The van der Waals surface area contributed by atoms with Gasteiger partial charge in [-0.25, -0.2) is 0 Å². The van der Waals surface area contributed by atoms with Crippen LogP contribution in [0.1, 0.15) is 58.2 Å². The zero-order valence-electron chi connectivity index (χ0n) is 18.6. The molecule has 2 heterocycles. The van der Waals surface area contributed by atoms with Gasteiger partial charge in [0.15, 0.2) is 0 Å². The first kappa shape index (κ1) is 23.2. The van der Waals surface area contributed by atoms with Crippen molar-refractivity contribution in [2.75, 3.05) is 31.2 Å². The van der Waals surface area contributed by atoms with Gasteiger partial charge in [-0.1, -0.05) is 42.5 Å². The highest BCUT2D eigenvalue weighted by Crippen LogP contribution is 2.45. The predicted octanol–water partition coefficient (Wildman–Crippen LogP) is 5.75. The van der Waals surface area contributed by atoms with Crippen LogP contribution in [0, 0.1) is 5.92 Å². The van der Waals surface area contributed by atoms with Crippen LogP contribution in [0.4, 0.5) is 0 Å². The number of hydrogen-bond donors (Lipinski definition) is 0. The Morgan fingerprint density at radius 1 is 1.00 bits per heavy atom. The minimum atomic E-state index is -0.140. The highest BCUT2D eigenvalue weighted by Gasteiger charge is 2.31. The number of benzene rings is 2. The van der Waals surface area contributed by atoms with Crippen LogP contribution in [0.25, 0.3) is 0 Å². The number of carbonyl (C=O) groups is 2. The first-order valence-corrected chi connectivity index (χ1v) is 13.6. The minimum absolute atomic E-state index is 0.114. The summed E-state index contributed by atoms with van der Waals surface area (Å²) in [5.41, 5.74) is 3.26. The summed E-state index contributed by atoms with van der Waals surface area (Å²) < 4.78 is 5.75. The Kier molecular flexibility index (Phi) is 8.20. The smallest absolute Gasteiger partial charge is 0.306 e. The maximum atomic E-state index is 13.1. The fraction of sp³-hybridized carbons (Fsp3) is 0.462. The van der Waals surface area contributed by atoms with E-state index in [0.29, 0.717) is 23.5 Å². The van der Waals surface area contributed by atoms with Crippen LogP contribution < -0.4 is 0 Å². The second kappa shape index (κ2) is 11.3. The van der Waals surface area contributed by atoms with E-state index >= 15 is 0 Å². The number of thioether (sulfide) groups is 2. The molecule has 170 valence electrons. The molecule has 0 aliphatic carbocycles. The van der Waals surface area contributed by atoms with Gasteiger partial charge >= 0.3 is 5.97 Å². The SMILES string of the molecule is CCOC(=O)C[C@@H](c1ccccc1)C1CCN(C(=O)c2ccc(C3SCCS3)cc2)CC1. The fourth-order valence-electron chi connectivity index (χ4n) is 4.68. The van der Waals surface area contributed by atoms with Gasteiger partial charge in [0.25, 0.3) is 5.91 Å². The molecule has 2 aromatic rings. The van der Waals surface area contributed by atoms with Gasteiger partial charge in [0.05, 0.1) is 17.6 Å². The van der Waals surface area contributed by atoms with E-state index in [1.807, 2.05) is 65.7 Å². The molecule has 0 radical (unpaired) electrons. The molecule has 4 nitrogen and oxygen atoms in total. The monoisotopic (exact) mass is 469 g/mol. The van der Waals surface area contributed by atoms with Crippen molar-refractivity contribution in [2.45, 2.75) is 36.7 Å². The number of likely N-dealkylation sites (tertiary alicyclic amines) is 1. The van der Waals surface area contributed by atoms with E-state index in [-0.39, 0.29) is 17.8 Å². The summed E-state index contributed by atoms with van der Waals surface area (Å²) in [5.74, 6) is 2.87. The van der Waals surface area contributed by atoms with Gasteiger partial charge in [0.2, 0.25) is 0 Å². The molecule has 2 aromatic carbocycles. The summed E-state index contributed by atoms with van der Waals surface area (Å²) in [5, 5.41) is 0. The Hall–Kier alpha value is -1.92. The van der Waals surface area contributed by atoms with Crippen LogP contribution in [0.3, 0.4) is 0 Å². The zero-order valence-corrected chi connectivity index (χ0v) is 20.2. The van der Waals surface area contributed by atoms with E-state index in [4.69, 9.17) is 4.74 Å². The van der Waals surface area contributed by atoms with Gasteiger partial charge in [-0.05, 0) is 54.9 Å². The lowest BCUT2D eigenvalue weighted by molar-refractivity contribution is -0.144. The number of hydrogen-bond acceptors (Lipinski definition) is 5. The first-order chi connectivity index (χ1) is 15.7. The van der Waals surface area contributed by atoms with E-state index < -0.39 is 0 Å². The van der Waals surface area contributed by atoms with E-state index in [1.165, 1.54) is 22.6 Å². The molecule has 0 bridgehead atoms. The Balaban J connectivity index is 1.38. The Bertz CT molecular complexity index is 889. The number of piperidine rings is 1.